The monoisotopic (exact) mass is 463 g/mol. The van der Waals surface area contributed by atoms with Crippen LogP contribution in [0.3, 0.4) is 0 Å². The highest BCUT2D eigenvalue weighted by atomic mass is 19.4. The first kappa shape index (κ1) is 23.7. The lowest BCUT2D eigenvalue weighted by atomic mass is 9.66. The Labute approximate surface area is 191 Å². The molecule has 3 atom stereocenters. The maximum Gasteiger partial charge on any atom is 0.416 e. The lowest BCUT2D eigenvalue weighted by Crippen LogP contribution is -2.40. The zero-order chi connectivity index (χ0) is 24.0. The number of halogens is 3. The number of hydrogen-bond acceptors (Lipinski definition) is 5. The summed E-state index contributed by atoms with van der Waals surface area (Å²) in [5.74, 6) is -2.63. The van der Waals surface area contributed by atoms with Crippen LogP contribution in [0.2, 0.25) is 0 Å². The summed E-state index contributed by atoms with van der Waals surface area (Å²) in [7, 11) is 0. The van der Waals surface area contributed by atoms with Crippen LogP contribution in [0.4, 0.5) is 13.2 Å². The van der Waals surface area contributed by atoms with Crippen molar-refractivity contribution in [2.75, 3.05) is 13.2 Å². The number of rotatable bonds is 4. The molecule has 0 saturated carbocycles. The van der Waals surface area contributed by atoms with Crippen molar-refractivity contribution >= 4 is 17.5 Å². The van der Waals surface area contributed by atoms with Crippen LogP contribution in [-0.2, 0) is 25.2 Å². The van der Waals surface area contributed by atoms with Crippen molar-refractivity contribution in [3.63, 3.8) is 0 Å². The maximum atomic E-state index is 13.5. The molecule has 0 bridgehead atoms. The predicted molar refractivity (Wildman–Crippen MR) is 116 cm³/mol. The number of Topliss-reactive ketones (excluding diaryl/α,β-unsaturated/α-hetero) is 1. The van der Waals surface area contributed by atoms with Gasteiger partial charge in [-0.1, -0.05) is 32.0 Å². The topological polar surface area (TPSA) is 65.0 Å². The number of benzene rings is 1. The highest BCUT2D eigenvalue weighted by molar-refractivity contribution is 6.09. The molecule has 8 heteroatoms. The van der Waals surface area contributed by atoms with Crippen LogP contribution in [0.15, 0.2) is 40.5 Å². The van der Waals surface area contributed by atoms with Gasteiger partial charge in [0.1, 0.15) is 12.5 Å². The maximum absolute atomic E-state index is 13.5. The van der Waals surface area contributed by atoms with E-state index in [-0.39, 0.29) is 35.9 Å². The SMILES string of the molecule is CC1=NC2=C(C(=O)CC(C)(C)C2)[C@@H](c2cccc(C(F)(F)F)c2)C1C(=O)OC[C@@H]1CCCO1. The van der Waals surface area contributed by atoms with E-state index in [1.165, 1.54) is 12.1 Å². The van der Waals surface area contributed by atoms with Gasteiger partial charge in [-0.2, -0.15) is 13.2 Å². The number of allylic oxidation sites excluding steroid dienone is 2. The molecule has 1 fully saturated rings. The molecular weight excluding hydrogens is 435 g/mol. The first-order chi connectivity index (χ1) is 15.5. The molecule has 1 aromatic rings. The fraction of sp³-hybridized carbons (Fsp3) is 0.560. The van der Waals surface area contributed by atoms with Crippen molar-refractivity contribution in [3.05, 3.63) is 46.7 Å². The van der Waals surface area contributed by atoms with Gasteiger partial charge in [-0.3, -0.25) is 14.6 Å². The number of aliphatic imine (C=N–C) groups is 1. The summed E-state index contributed by atoms with van der Waals surface area (Å²) in [6.45, 7) is 6.28. The van der Waals surface area contributed by atoms with E-state index in [0.717, 1.165) is 25.0 Å². The number of carbonyl (C=O) groups excluding carboxylic acids is 2. The number of hydrogen-bond donors (Lipinski definition) is 0. The molecule has 1 saturated heterocycles. The average Bonchev–Trinajstić information content (AvgIpc) is 3.23. The van der Waals surface area contributed by atoms with Crippen LogP contribution in [0, 0.1) is 11.3 Å². The predicted octanol–water partition coefficient (Wildman–Crippen LogP) is 5.25. The minimum absolute atomic E-state index is 0.0742. The molecule has 4 rings (SSSR count). The molecule has 0 radical (unpaired) electrons. The van der Waals surface area contributed by atoms with E-state index in [4.69, 9.17) is 9.47 Å². The third-order valence-corrected chi connectivity index (χ3v) is 6.56. The Morgan fingerprint density at radius 1 is 1.27 bits per heavy atom. The molecular formula is C25H28F3NO4. The number of carbonyl (C=O) groups is 2. The molecule has 33 heavy (non-hydrogen) atoms. The van der Waals surface area contributed by atoms with Crippen LogP contribution in [0.25, 0.3) is 0 Å². The summed E-state index contributed by atoms with van der Waals surface area (Å²) < 4.78 is 51.4. The molecule has 2 aliphatic heterocycles. The Morgan fingerprint density at radius 2 is 2.03 bits per heavy atom. The van der Waals surface area contributed by atoms with Gasteiger partial charge in [-0.25, -0.2) is 0 Å². The van der Waals surface area contributed by atoms with E-state index >= 15 is 0 Å². The zero-order valence-electron chi connectivity index (χ0n) is 19.0. The number of esters is 1. The molecule has 0 N–H and O–H groups in total. The second kappa shape index (κ2) is 8.70. The van der Waals surface area contributed by atoms with Crippen LogP contribution in [0.1, 0.15) is 63.5 Å². The molecule has 5 nitrogen and oxygen atoms in total. The van der Waals surface area contributed by atoms with Crippen LogP contribution in [-0.4, -0.2) is 36.8 Å². The molecule has 1 aromatic carbocycles. The average molecular weight is 463 g/mol. The summed E-state index contributed by atoms with van der Waals surface area (Å²) in [4.78, 5) is 31.1. The zero-order valence-corrected chi connectivity index (χ0v) is 19.0. The van der Waals surface area contributed by atoms with E-state index in [1.807, 2.05) is 13.8 Å². The van der Waals surface area contributed by atoms with Crippen molar-refractivity contribution in [1.82, 2.24) is 0 Å². The number of alkyl halides is 3. The summed E-state index contributed by atoms with van der Waals surface area (Å²) in [5, 5.41) is 0. The van der Waals surface area contributed by atoms with Crippen LogP contribution < -0.4 is 0 Å². The highest BCUT2D eigenvalue weighted by Crippen LogP contribution is 2.48. The summed E-state index contributed by atoms with van der Waals surface area (Å²) in [6, 6.07) is 4.86. The lowest BCUT2D eigenvalue weighted by Gasteiger charge is -2.39. The standard InChI is InChI=1S/C25H28F3NO4/c1-14-20(23(31)33-13-17-8-5-9-32-17)21(15-6-4-7-16(10-15)25(26,27)28)22-18(29-14)11-24(2,3)12-19(22)30/h4,6-7,10,17,20-21H,5,8-9,11-13H2,1-3H3/t17-,20?,21-/m0/s1. The molecule has 0 aromatic heterocycles. The first-order valence-corrected chi connectivity index (χ1v) is 11.2. The molecule has 0 spiro atoms. The Balaban J connectivity index is 1.75. The van der Waals surface area contributed by atoms with Gasteiger partial charge < -0.3 is 9.47 Å². The van der Waals surface area contributed by atoms with Gasteiger partial charge in [0.05, 0.1) is 11.7 Å². The second-order valence-electron chi connectivity index (χ2n) is 9.90. The number of ether oxygens (including phenoxy) is 2. The minimum Gasteiger partial charge on any atom is -0.462 e. The van der Waals surface area contributed by atoms with Gasteiger partial charge in [0, 0.05) is 35.9 Å². The third kappa shape index (κ3) is 4.90. The van der Waals surface area contributed by atoms with Crippen LogP contribution >= 0.6 is 0 Å². The number of nitrogens with zero attached hydrogens (tertiary/aromatic N) is 1. The largest absolute Gasteiger partial charge is 0.462 e. The molecule has 0 amide bonds. The molecule has 1 aliphatic carbocycles. The Morgan fingerprint density at radius 3 is 2.70 bits per heavy atom. The number of ketones is 1. The molecule has 178 valence electrons. The fourth-order valence-electron chi connectivity index (χ4n) is 5.06. The highest BCUT2D eigenvalue weighted by Gasteiger charge is 2.46. The Hall–Kier alpha value is -2.48. The Kier molecular flexibility index (Phi) is 6.24. The second-order valence-corrected chi connectivity index (χ2v) is 9.90. The van der Waals surface area contributed by atoms with E-state index in [0.29, 0.717) is 30.0 Å². The van der Waals surface area contributed by atoms with Gasteiger partial charge in [0.2, 0.25) is 0 Å². The fourth-order valence-corrected chi connectivity index (χ4v) is 5.06. The van der Waals surface area contributed by atoms with E-state index in [2.05, 4.69) is 4.99 Å². The van der Waals surface area contributed by atoms with Gasteiger partial charge in [0.25, 0.3) is 0 Å². The van der Waals surface area contributed by atoms with Crippen molar-refractivity contribution in [1.29, 1.82) is 0 Å². The Bertz CT molecular complexity index is 1020. The summed E-state index contributed by atoms with van der Waals surface area (Å²) in [6.07, 6.45) is -2.30. The molecule has 1 unspecified atom stereocenters. The third-order valence-electron chi connectivity index (χ3n) is 6.56. The lowest BCUT2D eigenvalue weighted by molar-refractivity contribution is -0.149. The van der Waals surface area contributed by atoms with Gasteiger partial charge in [-0.05, 0) is 43.2 Å². The van der Waals surface area contributed by atoms with Crippen molar-refractivity contribution < 1.29 is 32.2 Å². The van der Waals surface area contributed by atoms with Gasteiger partial charge in [-0.15, -0.1) is 0 Å². The normalized spacial score (nSPS) is 27.3. The van der Waals surface area contributed by atoms with Crippen molar-refractivity contribution in [2.24, 2.45) is 16.3 Å². The molecule has 3 aliphatic rings. The van der Waals surface area contributed by atoms with Crippen molar-refractivity contribution in [2.45, 2.75) is 64.7 Å². The van der Waals surface area contributed by atoms with E-state index < -0.39 is 29.5 Å². The van der Waals surface area contributed by atoms with Gasteiger partial charge >= 0.3 is 12.1 Å². The first-order valence-electron chi connectivity index (χ1n) is 11.2. The van der Waals surface area contributed by atoms with Crippen molar-refractivity contribution in [3.8, 4) is 0 Å². The summed E-state index contributed by atoms with van der Waals surface area (Å²) >= 11 is 0. The van der Waals surface area contributed by atoms with E-state index in [9.17, 15) is 22.8 Å². The van der Waals surface area contributed by atoms with E-state index in [1.54, 1.807) is 6.92 Å². The quantitative estimate of drug-likeness (QED) is 0.573. The smallest absolute Gasteiger partial charge is 0.416 e. The summed E-state index contributed by atoms with van der Waals surface area (Å²) in [5.41, 5.74) is 0.457. The van der Waals surface area contributed by atoms with Crippen LogP contribution in [0.5, 0.6) is 0 Å². The molecule has 2 heterocycles. The van der Waals surface area contributed by atoms with Gasteiger partial charge in [0.15, 0.2) is 5.78 Å². The minimum atomic E-state index is -4.54.